The Bertz CT molecular complexity index is 1400. The number of thiazole rings is 1. The minimum atomic E-state index is -1.46. The number of methoxy groups -OCH3 is 1. The third-order valence-electron chi connectivity index (χ3n) is 7.36. The Kier molecular flexibility index (Phi) is 8.62. The van der Waals surface area contributed by atoms with E-state index in [4.69, 9.17) is 9.47 Å². The number of hydrogen-bond donors (Lipinski definition) is 1. The molecule has 1 N–H and O–H groups in total. The molecule has 1 aromatic heterocycles. The lowest BCUT2D eigenvalue weighted by Crippen LogP contribution is -2.46. The topological polar surface area (TPSA) is 112 Å². The first-order valence-corrected chi connectivity index (χ1v) is 13.7. The molecule has 1 heterocycles. The molecule has 12 heteroatoms. The van der Waals surface area contributed by atoms with Crippen molar-refractivity contribution in [2.24, 2.45) is 5.41 Å². The minimum Gasteiger partial charge on any atom is -0.550 e. The maximum atomic E-state index is 13.9. The molecule has 1 aliphatic carbocycles. The number of aromatic nitrogens is 1. The van der Waals surface area contributed by atoms with Gasteiger partial charge in [0.05, 0.1) is 56.6 Å². The summed E-state index contributed by atoms with van der Waals surface area (Å²) in [5.74, 6) is -3.05. The normalized spacial score (nSPS) is 14.3. The van der Waals surface area contributed by atoms with Gasteiger partial charge >= 0.3 is 0 Å². The number of likely N-dealkylation sites (N-methyl/N-ethyl adjacent to an activating group) is 1. The van der Waals surface area contributed by atoms with Crippen molar-refractivity contribution in [3.63, 3.8) is 0 Å². The summed E-state index contributed by atoms with van der Waals surface area (Å²) in [4.78, 5) is 31.3. The summed E-state index contributed by atoms with van der Waals surface area (Å²) in [5.41, 5.74) is -0.0883. The number of carboxylic acids is 1. The van der Waals surface area contributed by atoms with Gasteiger partial charge in [0.2, 0.25) is 5.91 Å². The van der Waals surface area contributed by atoms with Gasteiger partial charge in [0.1, 0.15) is 6.54 Å². The molecular formula is C28H33F2N3O6S. The molecule has 0 saturated carbocycles. The average molecular weight is 578 g/mol. The van der Waals surface area contributed by atoms with Crippen molar-refractivity contribution in [2.75, 3.05) is 59.5 Å². The van der Waals surface area contributed by atoms with Crippen LogP contribution in [0.5, 0.6) is 11.5 Å². The van der Waals surface area contributed by atoms with E-state index < -0.39 is 35.3 Å². The number of carboxylic acid groups (broad SMARTS) is 1. The zero-order valence-electron chi connectivity index (χ0n) is 23.0. The number of quaternary nitrogens is 1. The van der Waals surface area contributed by atoms with Gasteiger partial charge < -0.3 is 29.0 Å². The monoisotopic (exact) mass is 577 g/mol. The molecule has 0 fully saturated rings. The zero-order valence-corrected chi connectivity index (χ0v) is 23.8. The van der Waals surface area contributed by atoms with Crippen LogP contribution in [-0.2, 0) is 22.4 Å². The van der Waals surface area contributed by atoms with E-state index >= 15 is 0 Å². The highest BCUT2D eigenvalue weighted by Gasteiger charge is 2.46. The van der Waals surface area contributed by atoms with E-state index in [1.165, 1.54) is 30.4 Å². The second-order valence-corrected chi connectivity index (χ2v) is 11.9. The first kappa shape index (κ1) is 29.6. The molecule has 40 heavy (non-hydrogen) atoms. The molecule has 2 aromatic carbocycles. The van der Waals surface area contributed by atoms with Gasteiger partial charge in [-0.2, -0.15) is 0 Å². The number of aliphatic hydroxyl groups excluding tert-OH is 1. The van der Waals surface area contributed by atoms with Gasteiger partial charge in [0, 0.05) is 38.0 Å². The number of nitrogens with zero attached hydrogens (tertiary/aromatic N) is 3. The van der Waals surface area contributed by atoms with E-state index in [1.807, 2.05) is 14.1 Å². The number of benzene rings is 2. The number of carbonyl (C=O) groups excluding carboxylic acids is 2. The molecule has 1 aliphatic rings. The quantitative estimate of drug-likeness (QED) is 0.260. The number of aliphatic hydroxyl groups is 1. The van der Waals surface area contributed by atoms with Crippen LogP contribution < -0.4 is 19.5 Å². The number of amides is 1. The van der Waals surface area contributed by atoms with Crippen molar-refractivity contribution in [1.82, 2.24) is 4.98 Å². The predicted octanol–water partition coefficient (Wildman–Crippen LogP) is 2.31. The molecule has 0 aliphatic heterocycles. The number of fused-ring (bicyclic) bond motifs is 2. The molecular weight excluding hydrogens is 544 g/mol. The Morgan fingerprint density at radius 1 is 1.12 bits per heavy atom. The minimum absolute atomic E-state index is 0.0543. The Balaban J connectivity index is 1.55. The molecule has 0 unspecified atom stereocenters. The lowest BCUT2D eigenvalue weighted by molar-refractivity contribution is -0.890. The molecule has 9 nitrogen and oxygen atoms in total. The molecule has 0 atom stereocenters. The second kappa shape index (κ2) is 11.6. The van der Waals surface area contributed by atoms with Crippen LogP contribution in [0, 0.1) is 17.0 Å². The van der Waals surface area contributed by atoms with Crippen LogP contribution in [0.1, 0.15) is 24.0 Å². The van der Waals surface area contributed by atoms with E-state index in [0.717, 1.165) is 29.8 Å². The van der Waals surface area contributed by atoms with Crippen LogP contribution >= 0.6 is 11.3 Å². The maximum absolute atomic E-state index is 13.9. The van der Waals surface area contributed by atoms with E-state index in [9.17, 15) is 28.6 Å². The molecule has 0 radical (unpaired) electrons. The highest BCUT2D eigenvalue weighted by molar-refractivity contribution is 7.22. The number of anilines is 1. The zero-order chi connectivity index (χ0) is 29.2. The van der Waals surface area contributed by atoms with Crippen LogP contribution in [-0.4, -0.2) is 81.0 Å². The predicted molar refractivity (Wildman–Crippen MR) is 144 cm³/mol. The molecule has 1 amide bonds. The van der Waals surface area contributed by atoms with Crippen molar-refractivity contribution in [1.29, 1.82) is 0 Å². The second-order valence-electron chi connectivity index (χ2n) is 10.9. The van der Waals surface area contributed by atoms with Crippen LogP contribution in [0.25, 0.3) is 10.2 Å². The SMILES string of the molecule is COc1cc2sc(N(C)C(=O)C3(CC(=O)[O-])Cc4cc(F)c(F)cc4C3)nc2cc1OCCC[N+](C)(C)CCO. The van der Waals surface area contributed by atoms with E-state index in [2.05, 4.69) is 4.98 Å². The summed E-state index contributed by atoms with van der Waals surface area (Å²) in [7, 11) is 7.10. The third kappa shape index (κ3) is 6.18. The smallest absolute Gasteiger partial charge is 0.235 e. The fourth-order valence-corrected chi connectivity index (χ4v) is 6.15. The summed E-state index contributed by atoms with van der Waals surface area (Å²) < 4.78 is 40.6. The highest BCUT2D eigenvalue weighted by atomic mass is 32.1. The Hall–Kier alpha value is -3.35. The van der Waals surface area contributed by atoms with Gasteiger partial charge in [-0.15, -0.1) is 0 Å². The lowest BCUT2D eigenvalue weighted by Gasteiger charge is -2.31. The van der Waals surface area contributed by atoms with Crippen LogP contribution in [0.15, 0.2) is 24.3 Å². The molecule has 4 rings (SSSR count). The Labute approximate surface area is 235 Å². The van der Waals surface area contributed by atoms with E-state index in [0.29, 0.717) is 50.9 Å². The Morgan fingerprint density at radius 2 is 1.77 bits per heavy atom. The average Bonchev–Trinajstić information content (AvgIpc) is 3.45. The van der Waals surface area contributed by atoms with Crippen LogP contribution in [0.3, 0.4) is 0 Å². The third-order valence-corrected chi connectivity index (χ3v) is 8.46. The largest absolute Gasteiger partial charge is 0.550 e. The van der Waals surface area contributed by atoms with Gasteiger partial charge in [0.15, 0.2) is 28.3 Å². The number of carbonyl (C=O) groups is 2. The molecule has 3 aromatic rings. The first-order chi connectivity index (χ1) is 18.9. The van der Waals surface area contributed by atoms with Crippen LogP contribution in [0.2, 0.25) is 0 Å². The van der Waals surface area contributed by atoms with Gasteiger partial charge in [0.25, 0.3) is 0 Å². The van der Waals surface area contributed by atoms with Crippen LogP contribution in [0.4, 0.5) is 13.9 Å². The van der Waals surface area contributed by atoms with Crippen molar-refractivity contribution < 1.29 is 42.5 Å². The van der Waals surface area contributed by atoms with Gasteiger partial charge in [-0.3, -0.25) is 9.69 Å². The molecule has 216 valence electrons. The number of ether oxygens (including phenoxy) is 2. The fraction of sp³-hybridized carbons (Fsp3) is 0.464. The molecule has 0 spiro atoms. The highest BCUT2D eigenvalue weighted by Crippen LogP contribution is 2.44. The number of halogens is 2. The summed E-state index contributed by atoms with van der Waals surface area (Å²) in [6, 6.07) is 5.54. The number of hydrogen-bond acceptors (Lipinski definition) is 8. The summed E-state index contributed by atoms with van der Waals surface area (Å²) in [6.07, 6.45) is 0.0471. The number of aliphatic carboxylic acids is 1. The Morgan fingerprint density at radius 3 is 2.35 bits per heavy atom. The summed E-state index contributed by atoms with van der Waals surface area (Å²) in [6.45, 7) is 2.00. The van der Waals surface area contributed by atoms with Crippen molar-refractivity contribution in [2.45, 2.75) is 25.7 Å². The van der Waals surface area contributed by atoms with Crippen molar-refractivity contribution in [3.8, 4) is 11.5 Å². The molecule has 0 bridgehead atoms. The van der Waals surface area contributed by atoms with E-state index in [1.54, 1.807) is 12.1 Å². The molecule has 0 saturated heterocycles. The number of rotatable bonds is 12. The first-order valence-electron chi connectivity index (χ1n) is 12.9. The van der Waals surface area contributed by atoms with Crippen molar-refractivity contribution >= 4 is 38.6 Å². The lowest BCUT2D eigenvalue weighted by atomic mass is 9.80. The standard InChI is InChI=1S/C28H33F2N3O6S/c1-32(26(37)28(16-25(35)36)14-17-10-19(29)20(30)11-18(17)15-28)27-31-21-12-23(22(38-4)13-24(21)40-27)39-9-5-6-33(2,3)7-8-34/h10-13,34H,5-9,14-16H2,1-4H3. The van der Waals surface area contributed by atoms with Gasteiger partial charge in [-0.05, 0) is 36.1 Å². The van der Waals surface area contributed by atoms with Gasteiger partial charge in [-0.1, -0.05) is 11.3 Å². The van der Waals surface area contributed by atoms with E-state index in [-0.39, 0.29) is 19.4 Å². The summed E-state index contributed by atoms with van der Waals surface area (Å²) >= 11 is 1.22. The fourth-order valence-electron chi connectivity index (χ4n) is 5.22. The summed E-state index contributed by atoms with van der Waals surface area (Å²) in [5, 5.41) is 21.2. The maximum Gasteiger partial charge on any atom is 0.235 e. The van der Waals surface area contributed by atoms with Crippen molar-refractivity contribution in [3.05, 3.63) is 47.0 Å². The van der Waals surface area contributed by atoms with Gasteiger partial charge in [-0.25, -0.2) is 13.8 Å².